The molecule has 2 rings (SSSR count). The van der Waals surface area contributed by atoms with E-state index in [9.17, 15) is 14.3 Å². The van der Waals surface area contributed by atoms with Crippen LogP contribution in [0.4, 0.5) is 4.39 Å². The van der Waals surface area contributed by atoms with Crippen LogP contribution in [-0.4, -0.2) is 41.1 Å². The summed E-state index contributed by atoms with van der Waals surface area (Å²) < 4.78 is 13.5. The van der Waals surface area contributed by atoms with Gasteiger partial charge in [-0.05, 0) is 50.4 Å². The van der Waals surface area contributed by atoms with Crippen molar-refractivity contribution in [2.24, 2.45) is 0 Å². The van der Waals surface area contributed by atoms with E-state index in [-0.39, 0.29) is 24.3 Å². The largest absolute Gasteiger partial charge is 0.392 e. The third-order valence-corrected chi connectivity index (χ3v) is 4.29. The van der Waals surface area contributed by atoms with Crippen molar-refractivity contribution in [2.75, 3.05) is 13.1 Å². The molecule has 0 aromatic heterocycles. The number of carbonyl (C=O) groups is 1. The van der Waals surface area contributed by atoms with Gasteiger partial charge in [-0.15, -0.1) is 0 Å². The zero-order valence-electron chi connectivity index (χ0n) is 13.3. The minimum absolute atomic E-state index is 0.0521. The molecule has 0 spiro atoms. The Labute approximate surface area is 131 Å². The van der Waals surface area contributed by atoms with Gasteiger partial charge in [-0.1, -0.05) is 18.6 Å². The molecule has 2 atom stereocenters. The van der Waals surface area contributed by atoms with Crippen molar-refractivity contribution in [3.63, 3.8) is 0 Å². The lowest BCUT2D eigenvalue weighted by molar-refractivity contribution is -0.124. The maximum absolute atomic E-state index is 13.5. The van der Waals surface area contributed by atoms with Crippen molar-refractivity contribution in [3.8, 4) is 0 Å². The molecule has 122 valence electrons. The predicted octanol–water partition coefficient (Wildman–Crippen LogP) is 1.99. The molecule has 1 aliphatic heterocycles. The topological polar surface area (TPSA) is 52.6 Å². The first kappa shape index (κ1) is 16.9. The Morgan fingerprint density at radius 3 is 2.95 bits per heavy atom. The van der Waals surface area contributed by atoms with E-state index >= 15 is 0 Å². The van der Waals surface area contributed by atoms with Gasteiger partial charge in [-0.2, -0.15) is 0 Å². The number of amides is 1. The fourth-order valence-corrected chi connectivity index (χ4v) is 2.95. The van der Waals surface area contributed by atoms with Crippen molar-refractivity contribution in [3.05, 3.63) is 35.1 Å². The summed E-state index contributed by atoms with van der Waals surface area (Å²) >= 11 is 0. The summed E-state index contributed by atoms with van der Waals surface area (Å²) in [4.78, 5) is 14.1. The van der Waals surface area contributed by atoms with Crippen LogP contribution in [0.5, 0.6) is 0 Å². The lowest BCUT2D eigenvalue weighted by Crippen LogP contribution is -2.49. The first-order chi connectivity index (χ1) is 10.5. The molecule has 0 bridgehead atoms. The lowest BCUT2D eigenvalue weighted by Gasteiger charge is -2.36. The fourth-order valence-electron chi connectivity index (χ4n) is 2.95. The summed E-state index contributed by atoms with van der Waals surface area (Å²) in [7, 11) is 0. The first-order valence-corrected chi connectivity index (χ1v) is 7.91. The van der Waals surface area contributed by atoms with Gasteiger partial charge < -0.3 is 10.4 Å². The molecule has 0 radical (unpaired) electrons. The molecule has 1 aliphatic rings. The molecule has 1 heterocycles. The number of hydrogen-bond donors (Lipinski definition) is 2. The zero-order valence-corrected chi connectivity index (χ0v) is 13.3. The van der Waals surface area contributed by atoms with Gasteiger partial charge in [0, 0.05) is 12.6 Å². The zero-order chi connectivity index (χ0) is 16.1. The maximum atomic E-state index is 13.5. The van der Waals surface area contributed by atoms with Crippen LogP contribution < -0.4 is 5.32 Å². The van der Waals surface area contributed by atoms with E-state index in [1.165, 1.54) is 6.07 Å². The van der Waals surface area contributed by atoms with Crippen molar-refractivity contribution in [1.29, 1.82) is 0 Å². The molecular weight excluding hydrogens is 283 g/mol. The summed E-state index contributed by atoms with van der Waals surface area (Å²) in [6.07, 6.45) is 2.64. The second kappa shape index (κ2) is 7.70. The number of rotatable bonds is 5. The van der Waals surface area contributed by atoms with E-state index < -0.39 is 6.10 Å². The van der Waals surface area contributed by atoms with E-state index in [1.807, 2.05) is 11.0 Å². The van der Waals surface area contributed by atoms with Crippen LogP contribution in [0, 0.1) is 12.7 Å². The molecule has 2 N–H and O–H groups in total. The molecule has 0 saturated carbocycles. The first-order valence-electron chi connectivity index (χ1n) is 7.91. The Balaban J connectivity index is 1.85. The van der Waals surface area contributed by atoms with Crippen molar-refractivity contribution < 1.29 is 14.3 Å². The van der Waals surface area contributed by atoms with Crippen LogP contribution in [0.1, 0.15) is 37.3 Å². The average molecular weight is 308 g/mol. The van der Waals surface area contributed by atoms with Crippen LogP contribution >= 0.6 is 0 Å². The number of piperidine rings is 1. The molecule has 0 aliphatic carbocycles. The number of nitrogens with zero attached hydrogens (tertiary/aromatic N) is 1. The van der Waals surface area contributed by atoms with Gasteiger partial charge >= 0.3 is 0 Å². The third kappa shape index (κ3) is 4.52. The SMILES string of the molecule is Cc1ccc(CNC(=O)CN2CCCC[C@H]2[C@@H](C)O)cc1F. The summed E-state index contributed by atoms with van der Waals surface area (Å²) in [6, 6.07) is 5.04. The van der Waals surface area contributed by atoms with E-state index in [0.717, 1.165) is 31.4 Å². The van der Waals surface area contributed by atoms with Crippen LogP contribution in [-0.2, 0) is 11.3 Å². The molecule has 1 aromatic carbocycles. The van der Waals surface area contributed by atoms with Crippen molar-refractivity contribution in [1.82, 2.24) is 10.2 Å². The van der Waals surface area contributed by atoms with E-state index in [4.69, 9.17) is 0 Å². The molecule has 0 unspecified atom stereocenters. The average Bonchev–Trinajstić information content (AvgIpc) is 2.49. The minimum atomic E-state index is -0.431. The number of aliphatic hydroxyl groups excluding tert-OH is 1. The third-order valence-electron chi connectivity index (χ3n) is 4.29. The van der Waals surface area contributed by atoms with Crippen LogP contribution in [0.3, 0.4) is 0 Å². The Hall–Kier alpha value is -1.46. The van der Waals surface area contributed by atoms with E-state index in [1.54, 1.807) is 19.9 Å². The number of aryl methyl sites for hydroxylation is 1. The van der Waals surface area contributed by atoms with E-state index in [0.29, 0.717) is 12.1 Å². The number of hydrogen-bond acceptors (Lipinski definition) is 3. The molecule has 22 heavy (non-hydrogen) atoms. The normalized spacial score (nSPS) is 20.6. The fraction of sp³-hybridized carbons (Fsp3) is 0.588. The van der Waals surface area contributed by atoms with Crippen LogP contribution in [0.25, 0.3) is 0 Å². The van der Waals surface area contributed by atoms with Gasteiger partial charge in [-0.3, -0.25) is 9.69 Å². The van der Waals surface area contributed by atoms with Gasteiger partial charge in [0.1, 0.15) is 5.82 Å². The second-order valence-corrected chi connectivity index (χ2v) is 6.13. The molecule has 1 amide bonds. The quantitative estimate of drug-likeness (QED) is 0.874. The molecule has 1 aromatic rings. The highest BCUT2D eigenvalue weighted by molar-refractivity contribution is 5.78. The predicted molar refractivity (Wildman–Crippen MR) is 83.9 cm³/mol. The highest BCUT2D eigenvalue weighted by atomic mass is 19.1. The Bertz CT molecular complexity index is 519. The highest BCUT2D eigenvalue weighted by Gasteiger charge is 2.27. The summed E-state index contributed by atoms with van der Waals surface area (Å²) in [6.45, 7) is 4.93. The van der Waals surface area contributed by atoms with Gasteiger partial charge in [0.15, 0.2) is 0 Å². The molecule has 1 fully saturated rings. The lowest BCUT2D eigenvalue weighted by atomic mass is 9.98. The number of halogens is 1. The van der Waals surface area contributed by atoms with Crippen LogP contribution in [0.15, 0.2) is 18.2 Å². The summed E-state index contributed by atoms with van der Waals surface area (Å²) in [5.41, 5.74) is 1.35. The molecule has 5 heteroatoms. The Morgan fingerprint density at radius 1 is 1.50 bits per heavy atom. The van der Waals surface area contributed by atoms with Gasteiger partial charge in [-0.25, -0.2) is 4.39 Å². The van der Waals surface area contributed by atoms with Gasteiger partial charge in [0.2, 0.25) is 5.91 Å². The second-order valence-electron chi connectivity index (χ2n) is 6.13. The smallest absolute Gasteiger partial charge is 0.234 e. The monoisotopic (exact) mass is 308 g/mol. The number of nitrogens with one attached hydrogen (secondary N) is 1. The number of likely N-dealkylation sites (tertiary alicyclic amines) is 1. The Morgan fingerprint density at radius 2 is 2.27 bits per heavy atom. The standard InChI is InChI=1S/C17H25FN2O2/c1-12-6-7-14(9-15(12)18)10-19-17(22)11-20-8-4-3-5-16(20)13(2)21/h6-7,9,13,16,21H,3-5,8,10-11H2,1-2H3,(H,19,22)/t13-,16+/m1/s1. The Kier molecular flexibility index (Phi) is 5.91. The van der Waals surface area contributed by atoms with Crippen molar-refractivity contribution >= 4 is 5.91 Å². The number of benzene rings is 1. The maximum Gasteiger partial charge on any atom is 0.234 e. The summed E-state index contributed by atoms with van der Waals surface area (Å²) in [5.74, 6) is -0.342. The minimum Gasteiger partial charge on any atom is -0.392 e. The van der Waals surface area contributed by atoms with E-state index in [2.05, 4.69) is 5.32 Å². The number of aliphatic hydroxyl groups is 1. The van der Waals surface area contributed by atoms with Crippen LogP contribution in [0.2, 0.25) is 0 Å². The van der Waals surface area contributed by atoms with Gasteiger partial charge in [0.05, 0.1) is 12.6 Å². The molecule has 1 saturated heterocycles. The molecular formula is C17H25FN2O2. The molecule has 4 nitrogen and oxygen atoms in total. The van der Waals surface area contributed by atoms with Crippen molar-refractivity contribution in [2.45, 2.75) is 51.8 Å². The van der Waals surface area contributed by atoms with Gasteiger partial charge in [0.25, 0.3) is 0 Å². The summed E-state index contributed by atoms with van der Waals surface area (Å²) in [5, 5.41) is 12.6. The number of carbonyl (C=O) groups excluding carboxylic acids is 1. The highest BCUT2D eigenvalue weighted by Crippen LogP contribution is 2.19.